The van der Waals surface area contributed by atoms with Crippen LogP contribution in [0.4, 0.5) is 14.6 Å². The Labute approximate surface area is 220 Å². The van der Waals surface area contributed by atoms with Gasteiger partial charge in [0.25, 0.3) is 0 Å². The zero-order valence-electron chi connectivity index (χ0n) is 21.4. The normalized spacial score (nSPS) is 24.4. The predicted octanol–water partition coefficient (Wildman–Crippen LogP) is 4.55. The number of anilines is 1. The van der Waals surface area contributed by atoms with Crippen LogP contribution in [0.3, 0.4) is 0 Å². The quantitative estimate of drug-likeness (QED) is 0.421. The van der Waals surface area contributed by atoms with E-state index in [1.165, 1.54) is 23.8 Å². The summed E-state index contributed by atoms with van der Waals surface area (Å²) in [5, 5.41) is 7.92. The molecule has 2 saturated heterocycles. The van der Waals surface area contributed by atoms with Gasteiger partial charge >= 0.3 is 0 Å². The van der Waals surface area contributed by atoms with Gasteiger partial charge in [0.05, 0.1) is 23.0 Å². The summed E-state index contributed by atoms with van der Waals surface area (Å²) in [6.45, 7) is 7.06. The molecule has 196 valence electrons. The van der Waals surface area contributed by atoms with E-state index in [4.69, 9.17) is 9.97 Å². The lowest BCUT2D eigenvalue weighted by Gasteiger charge is -2.51. The summed E-state index contributed by atoms with van der Waals surface area (Å²) in [7, 11) is 0. The van der Waals surface area contributed by atoms with Crippen molar-refractivity contribution in [2.75, 3.05) is 37.6 Å². The molecule has 0 spiro atoms. The number of hydrogen-bond acceptors (Lipinski definition) is 6. The number of benzene rings is 1. The highest BCUT2D eigenvalue weighted by Gasteiger charge is 2.57. The molecule has 1 unspecified atom stereocenters. The predicted molar refractivity (Wildman–Crippen MR) is 142 cm³/mol. The average Bonchev–Trinajstić information content (AvgIpc) is 3.48. The fraction of sp³-hybridized carbons (Fsp3) is 0.414. The largest absolute Gasteiger partial charge is 0.346 e. The number of piperazine rings is 1. The molecule has 9 heteroatoms. The molecule has 0 bridgehead atoms. The van der Waals surface area contributed by atoms with Crippen LogP contribution >= 0.6 is 0 Å². The Morgan fingerprint density at radius 1 is 1.03 bits per heavy atom. The average molecular weight is 516 g/mol. The summed E-state index contributed by atoms with van der Waals surface area (Å²) in [5.41, 5.74) is 3.44. The molecule has 3 aromatic heterocycles. The summed E-state index contributed by atoms with van der Waals surface area (Å²) >= 11 is 0. The van der Waals surface area contributed by atoms with E-state index in [1.807, 2.05) is 24.5 Å². The van der Waals surface area contributed by atoms with E-state index in [1.54, 1.807) is 10.7 Å². The molecule has 1 N–H and O–H groups in total. The number of nitrogens with zero attached hydrogens (tertiary/aromatic N) is 6. The standard InChI is InChI=1S/C29H31F2N7/c1-19(36-14-10-32-11-15-36)20-2-5-26(33-17-20)23-18-34-38-13-8-27(35-28(23)38)37-12-7-21-6-9-29(21,37)24-16-22(30)3-4-25(24)31/h2-5,8,13,16-19,21,32H,6-7,9-12,14-15H2,1H3/t19?,21-,29-/m1/s1. The van der Waals surface area contributed by atoms with Crippen molar-refractivity contribution in [2.45, 2.75) is 37.8 Å². The maximum atomic E-state index is 15.0. The van der Waals surface area contributed by atoms with Gasteiger partial charge in [-0.15, -0.1) is 0 Å². The van der Waals surface area contributed by atoms with Crippen molar-refractivity contribution >= 4 is 11.5 Å². The maximum absolute atomic E-state index is 15.0. The van der Waals surface area contributed by atoms with Gasteiger partial charge in [-0.3, -0.25) is 9.88 Å². The van der Waals surface area contributed by atoms with Crippen LogP contribution in [0.1, 0.15) is 43.4 Å². The van der Waals surface area contributed by atoms with E-state index < -0.39 is 11.4 Å². The van der Waals surface area contributed by atoms with Gasteiger partial charge in [0.15, 0.2) is 5.65 Å². The molecule has 4 aromatic rings. The van der Waals surface area contributed by atoms with Crippen LogP contribution in [0.5, 0.6) is 0 Å². The molecule has 0 radical (unpaired) electrons. The summed E-state index contributed by atoms with van der Waals surface area (Å²) in [6.07, 6.45) is 8.37. The molecule has 0 amide bonds. The van der Waals surface area contributed by atoms with Gasteiger partial charge in [-0.05, 0) is 68.0 Å². The van der Waals surface area contributed by atoms with Gasteiger partial charge in [0, 0.05) is 56.7 Å². The lowest BCUT2D eigenvalue weighted by molar-refractivity contribution is 0.154. The molecule has 1 aromatic carbocycles. The second-order valence-corrected chi connectivity index (χ2v) is 10.8. The highest BCUT2D eigenvalue weighted by molar-refractivity contribution is 5.75. The number of aromatic nitrogens is 4. The van der Waals surface area contributed by atoms with Crippen molar-refractivity contribution in [3.05, 3.63) is 77.8 Å². The Morgan fingerprint density at radius 2 is 1.89 bits per heavy atom. The van der Waals surface area contributed by atoms with Crippen LogP contribution in [-0.2, 0) is 5.54 Å². The van der Waals surface area contributed by atoms with Gasteiger partial charge < -0.3 is 10.2 Å². The van der Waals surface area contributed by atoms with Crippen molar-refractivity contribution in [1.29, 1.82) is 0 Å². The zero-order valence-corrected chi connectivity index (χ0v) is 21.4. The Morgan fingerprint density at radius 3 is 2.66 bits per heavy atom. The van der Waals surface area contributed by atoms with Crippen LogP contribution in [-0.4, -0.2) is 57.2 Å². The first-order valence-electron chi connectivity index (χ1n) is 13.5. The second-order valence-electron chi connectivity index (χ2n) is 10.8. The number of rotatable bonds is 5. The number of halogens is 2. The summed E-state index contributed by atoms with van der Waals surface area (Å²) in [5.74, 6) is 0.283. The molecule has 5 heterocycles. The minimum Gasteiger partial charge on any atom is -0.346 e. The first-order valence-corrected chi connectivity index (χ1v) is 13.5. The van der Waals surface area contributed by atoms with Gasteiger partial charge in [-0.1, -0.05) is 6.07 Å². The maximum Gasteiger partial charge on any atom is 0.166 e. The molecular formula is C29H31F2N7. The third-order valence-electron chi connectivity index (χ3n) is 9.00. The molecule has 3 aliphatic rings. The Bertz CT molecular complexity index is 1480. The van der Waals surface area contributed by atoms with Crippen LogP contribution in [0.15, 0.2) is 55.0 Å². The van der Waals surface area contributed by atoms with Crippen molar-refractivity contribution < 1.29 is 8.78 Å². The molecule has 3 atom stereocenters. The minimum atomic E-state index is -0.558. The van der Waals surface area contributed by atoms with Crippen molar-refractivity contribution in [2.24, 2.45) is 5.92 Å². The van der Waals surface area contributed by atoms with E-state index in [0.717, 1.165) is 69.1 Å². The summed E-state index contributed by atoms with van der Waals surface area (Å²) in [6, 6.07) is 10.2. The SMILES string of the molecule is CC(c1ccc(-c2cnn3ccc(N4CC[C@H]5CC[C@]54c4cc(F)ccc4F)nc23)nc1)N1CCNCC1. The van der Waals surface area contributed by atoms with E-state index in [0.29, 0.717) is 17.3 Å². The first kappa shape index (κ1) is 23.7. The molecule has 1 saturated carbocycles. The number of fused-ring (bicyclic) bond motifs is 2. The van der Waals surface area contributed by atoms with Gasteiger partial charge in [0.1, 0.15) is 17.5 Å². The third kappa shape index (κ3) is 3.63. The summed E-state index contributed by atoms with van der Waals surface area (Å²) < 4.78 is 31.0. The Kier molecular flexibility index (Phi) is 5.67. The van der Waals surface area contributed by atoms with E-state index in [-0.39, 0.29) is 11.7 Å². The Balaban J connectivity index is 1.22. The van der Waals surface area contributed by atoms with Crippen molar-refractivity contribution in [3.8, 4) is 11.3 Å². The number of pyridine rings is 1. The van der Waals surface area contributed by atoms with Gasteiger partial charge in [0.2, 0.25) is 0 Å². The van der Waals surface area contributed by atoms with Crippen LogP contribution in [0.2, 0.25) is 0 Å². The lowest BCUT2D eigenvalue weighted by Crippen LogP contribution is -2.52. The number of hydrogen-bond donors (Lipinski definition) is 1. The van der Waals surface area contributed by atoms with Crippen LogP contribution in [0.25, 0.3) is 16.9 Å². The van der Waals surface area contributed by atoms with Gasteiger partial charge in [-0.2, -0.15) is 5.10 Å². The Hall–Kier alpha value is -3.43. The lowest BCUT2D eigenvalue weighted by atomic mass is 9.63. The molecular weight excluding hydrogens is 484 g/mol. The highest BCUT2D eigenvalue weighted by Crippen LogP contribution is 2.58. The minimum absolute atomic E-state index is 0.285. The molecule has 3 fully saturated rings. The number of nitrogens with one attached hydrogen (secondary N) is 1. The summed E-state index contributed by atoms with van der Waals surface area (Å²) in [4.78, 5) is 14.5. The molecule has 1 aliphatic carbocycles. The fourth-order valence-electron chi connectivity index (χ4n) is 6.78. The smallest absolute Gasteiger partial charge is 0.166 e. The van der Waals surface area contributed by atoms with Crippen LogP contribution in [0, 0.1) is 17.6 Å². The molecule has 38 heavy (non-hydrogen) atoms. The van der Waals surface area contributed by atoms with Gasteiger partial charge in [-0.25, -0.2) is 18.3 Å². The van der Waals surface area contributed by atoms with E-state index >= 15 is 4.39 Å². The molecule has 7 rings (SSSR count). The second kappa shape index (κ2) is 9.10. The molecule has 2 aliphatic heterocycles. The van der Waals surface area contributed by atoms with Crippen LogP contribution < -0.4 is 10.2 Å². The van der Waals surface area contributed by atoms with Crippen molar-refractivity contribution in [3.63, 3.8) is 0 Å². The van der Waals surface area contributed by atoms with Crippen molar-refractivity contribution in [1.82, 2.24) is 29.8 Å². The zero-order chi connectivity index (χ0) is 25.9. The van der Waals surface area contributed by atoms with E-state index in [2.05, 4.69) is 33.2 Å². The fourth-order valence-corrected chi connectivity index (χ4v) is 6.78. The first-order chi connectivity index (χ1) is 18.5. The topological polar surface area (TPSA) is 61.6 Å². The third-order valence-corrected chi connectivity index (χ3v) is 9.00. The highest BCUT2D eigenvalue weighted by atomic mass is 19.1. The monoisotopic (exact) mass is 515 g/mol. The molecule has 7 nitrogen and oxygen atoms in total. The van der Waals surface area contributed by atoms with E-state index in [9.17, 15) is 4.39 Å².